The number of aromatic nitrogens is 1. The number of hydrogen-bond acceptors (Lipinski definition) is 3. The summed E-state index contributed by atoms with van der Waals surface area (Å²) in [4.78, 5) is 17.2. The summed E-state index contributed by atoms with van der Waals surface area (Å²) in [6.45, 7) is 5.16. The normalized spacial score (nSPS) is 12.8. The van der Waals surface area contributed by atoms with E-state index in [-0.39, 0.29) is 5.75 Å². The Bertz CT molecular complexity index is 736. The van der Waals surface area contributed by atoms with Gasteiger partial charge in [0.1, 0.15) is 13.8 Å². The van der Waals surface area contributed by atoms with E-state index < -0.39 is 19.6 Å². The second-order valence-corrected chi connectivity index (χ2v) is 12.4. The molecule has 0 amide bonds. The van der Waals surface area contributed by atoms with Gasteiger partial charge in [0.05, 0.1) is 0 Å². The second kappa shape index (κ2) is 6.64. The molecule has 0 saturated carbocycles. The molecule has 4 nitrogen and oxygen atoms in total. The van der Waals surface area contributed by atoms with Gasteiger partial charge in [0.15, 0.2) is 0 Å². The van der Waals surface area contributed by atoms with Crippen LogP contribution in [0.1, 0.15) is 5.56 Å². The molecule has 1 N–H and O–H groups in total. The van der Waals surface area contributed by atoms with Gasteiger partial charge in [-0.3, -0.25) is 0 Å². The first-order valence-corrected chi connectivity index (χ1v) is 11.4. The number of nitrogens with zero attached hydrogens (tertiary/aromatic N) is 1. The molecule has 0 spiro atoms. The summed E-state index contributed by atoms with van der Waals surface area (Å²) in [6, 6.07) is 5.08. The number of aromatic amines is 1. The smallest absolute Gasteiger partial charge is 0.377 e. The van der Waals surface area contributed by atoms with Crippen LogP contribution in [-0.4, -0.2) is 50.1 Å². The van der Waals surface area contributed by atoms with E-state index in [2.05, 4.69) is 4.98 Å². The average molecular weight is 354 g/mol. The number of likely N-dealkylation sites (N-methyl/N-ethyl adjacent to an activating group) is 1. The van der Waals surface area contributed by atoms with Gasteiger partial charge in [0, 0.05) is 23.6 Å². The van der Waals surface area contributed by atoms with Gasteiger partial charge in [0.2, 0.25) is 0 Å². The number of alkyl halides is 2. The first kappa shape index (κ1) is 18.6. The molecule has 132 valence electrons. The third-order valence-electron chi connectivity index (χ3n) is 3.98. The number of halogens is 2. The second-order valence-electron chi connectivity index (χ2n) is 7.26. The molecule has 0 unspecified atom stereocenters. The molecule has 0 aliphatic heterocycles. The fourth-order valence-corrected chi connectivity index (χ4v) is 2.98. The number of benzene rings is 1. The van der Waals surface area contributed by atoms with Crippen LogP contribution in [0, 0.1) is 0 Å². The van der Waals surface area contributed by atoms with Crippen molar-refractivity contribution in [1.29, 1.82) is 0 Å². The van der Waals surface area contributed by atoms with Crippen molar-refractivity contribution < 1.29 is 18.3 Å². The Hall–Kier alpha value is -1.73. The van der Waals surface area contributed by atoms with Crippen molar-refractivity contribution in [3.63, 3.8) is 0 Å². The van der Waals surface area contributed by atoms with E-state index in [9.17, 15) is 13.6 Å². The van der Waals surface area contributed by atoms with E-state index in [0.717, 1.165) is 24.0 Å². The van der Waals surface area contributed by atoms with Gasteiger partial charge in [-0.15, -0.1) is 0 Å². The van der Waals surface area contributed by atoms with Crippen LogP contribution >= 0.6 is 0 Å². The molecule has 0 aliphatic carbocycles. The molecule has 2 aromatic rings. The van der Waals surface area contributed by atoms with Crippen LogP contribution in [0.3, 0.4) is 0 Å². The maximum absolute atomic E-state index is 14.3. The van der Waals surface area contributed by atoms with Gasteiger partial charge in [-0.2, -0.15) is 8.78 Å². The van der Waals surface area contributed by atoms with Crippen molar-refractivity contribution in [2.75, 3.05) is 20.6 Å². The molecule has 1 aromatic carbocycles. The molecule has 0 aliphatic rings. The van der Waals surface area contributed by atoms with Crippen LogP contribution in [0.4, 0.5) is 8.78 Å². The Balaban J connectivity index is 2.35. The molecular formula is C17H24F2N2O2Si. The Morgan fingerprint density at radius 2 is 1.96 bits per heavy atom. The van der Waals surface area contributed by atoms with E-state index in [0.29, 0.717) is 5.39 Å². The number of rotatable bonds is 6. The fraction of sp³-hybridized carbons (Fsp3) is 0.471. The fourth-order valence-electron chi connectivity index (χ4n) is 2.32. The SMILES string of the molecule is CN(C)CCc1c[nH]c2cccc(OC(=O)C(F)(F)[Si](C)(C)C)c12. The van der Waals surface area contributed by atoms with Gasteiger partial charge < -0.3 is 14.6 Å². The first-order chi connectivity index (χ1) is 11.0. The van der Waals surface area contributed by atoms with Gasteiger partial charge in [0.25, 0.3) is 0 Å². The lowest BCUT2D eigenvalue weighted by Gasteiger charge is -2.26. The summed E-state index contributed by atoms with van der Waals surface area (Å²) >= 11 is 0. The zero-order valence-corrected chi connectivity index (χ0v) is 15.7. The molecule has 24 heavy (non-hydrogen) atoms. The van der Waals surface area contributed by atoms with E-state index in [1.165, 1.54) is 19.6 Å². The van der Waals surface area contributed by atoms with Crippen molar-refractivity contribution in [1.82, 2.24) is 9.88 Å². The highest BCUT2D eigenvalue weighted by molar-refractivity contribution is 6.81. The Morgan fingerprint density at radius 3 is 2.54 bits per heavy atom. The van der Waals surface area contributed by atoms with E-state index in [1.807, 2.05) is 31.3 Å². The first-order valence-electron chi connectivity index (χ1n) is 7.88. The molecule has 0 atom stereocenters. The molecule has 2 rings (SSSR count). The molecule has 1 heterocycles. The van der Waals surface area contributed by atoms with Crippen LogP contribution in [-0.2, 0) is 11.2 Å². The minimum atomic E-state index is -3.44. The third kappa shape index (κ3) is 3.67. The monoisotopic (exact) mass is 354 g/mol. The lowest BCUT2D eigenvalue weighted by atomic mass is 10.1. The van der Waals surface area contributed by atoms with Gasteiger partial charge in [-0.1, -0.05) is 25.7 Å². The van der Waals surface area contributed by atoms with Crippen LogP contribution in [0.15, 0.2) is 24.4 Å². The quantitative estimate of drug-likeness (QED) is 0.489. The number of hydrogen-bond donors (Lipinski definition) is 1. The summed E-state index contributed by atoms with van der Waals surface area (Å²) < 4.78 is 33.7. The van der Waals surface area contributed by atoms with Crippen LogP contribution < -0.4 is 4.74 Å². The van der Waals surface area contributed by atoms with Gasteiger partial charge in [-0.25, -0.2) is 4.79 Å². The predicted octanol–water partition coefficient (Wildman–Crippen LogP) is 3.69. The lowest BCUT2D eigenvalue weighted by molar-refractivity contribution is -0.151. The highest BCUT2D eigenvalue weighted by atomic mass is 28.3. The van der Waals surface area contributed by atoms with Crippen molar-refractivity contribution >= 4 is 24.9 Å². The highest BCUT2D eigenvalue weighted by Crippen LogP contribution is 2.33. The molecule has 7 heteroatoms. The predicted molar refractivity (Wildman–Crippen MR) is 94.5 cm³/mol. The number of fused-ring (bicyclic) bond motifs is 1. The van der Waals surface area contributed by atoms with Crippen LogP contribution in [0.5, 0.6) is 5.75 Å². The van der Waals surface area contributed by atoms with E-state index in [1.54, 1.807) is 12.1 Å². The van der Waals surface area contributed by atoms with Gasteiger partial charge >= 0.3 is 11.5 Å². The molecule has 0 fully saturated rings. The minimum absolute atomic E-state index is 0.186. The Labute approximate surface area is 141 Å². The molecular weight excluding hydrogens is 330 g/mol. The van der Waals surface area contributed by atoms with Crippen molar-refractivity contribution in [2.45, 2.75) is 31.6 Å². The number of carbonyl (C=O) groups excluding carboxylic acids is 1. The summed E-state index contributed by atoms with van der Waals surface area (Å²) in [5.74, 6) is -1.28. The summed E-state index contributed by atoms with van der Waals surface area (Å²) in [5, 5.41) is 0.694. The summed E-state index contributed by atoms with van der Waals surface area (Å²) in [6.07, 6.45) is 2.56. The van der Waals surface area contributed by atoms with Crippen LogP contribution in [0.2, 0.25) is 19.6 Å². The number of H-pyrrole nitrogens is 1. The van der Waals surface area contributed by atoms with Gasteiger partial charge in [-0.05, 0) is 38.2 Å². The van der Waals surface area contributed by atoms with E-state index in [4.69, 9.17) is 4.74 Å². The zero-order valence-electron chi connectivity index (χ0n) is 14.7. The maximum Gasteiger partial charge on any atom is 0.377 e. The number of nitrogens with one attached hydrogen (secondary N) is 1. The lowest BCUT2D eigenvalue weighted by Crippen LogP contribution is -2.52. The largest absolute Gasteiger partial charge is 0.422 e. The Kier molecular flexibility index (Phi) is 5.15. The van der Waals surface area contributed by atoms with Crippen molar-refractivity contribution in [2.24, 2.45) is 0 Å². The molecule has 1 aromatic heterocycles. The van der Waals surface area contributed by atoms with Crippen molar-refractivity contribution in [3.05, 3.63) is 30.0 Å². The summed E-state index contributed by atoms with van der Waals surface area (Å²) in [5.41, 5.74) is -1.72. The van der Waals surface area contributed by atoms with Crippen molar-refractivity contribution in [3.8, 4) is 5.75 Å². The standard InChI is InChI=1S/C17H24F2N2O2Si/c1-21(2)10-9-12-11-20-13-7-6-8-14(15(12)13)23-16(22)17(18,19)24(3,4)5/h6-8,11,20H,9-10H2,1-5H3. The molecule has 0 radical (unpaired) electrons. The third-order valence-corrected chi connectivity index (χ3v) is 6.07. The summed E-state index contributed by atoms with van der Waals surface area (Å²) in [7, 11) is 0.906. The van der Waals surface area contributed by atoms with E-state index >= 15 is 0 Å². The number of carbonyl (C=O) groups is 1. The number of ether oxygens (including phenoxy) is 1. The maximum atomic E-state index is 14.3. The Morgan fingerprint density at radius 1 is 1.29 bits per heavy atom. The highest BCUT2D eigenvalue weighted by Gasteiger charge is 2.53. The number of esters is 1. The van der Waals surface area contributed by atoms with Crippen LogP contribution in [0.25, 0.3) is 10.9 Å². The zero-order chi connectivity index (χ0) is 18.1. The molecule has 0 saturated heterocycles. The molecule has 0 bridgehead atoms. The topological polar surface area (TPSA) is 45.3 Å². The minimum Gasteiger partial charge on any atom is -0.422 e. The average Bonchev–Trinajstić information content (AvgIpc) is 2.88.